The van der Waals surface area contributed by atoms with Gasteiger partial charge < -0.3 is 5.73 Å². The fourth-order valence-electron chi connectivity index (χ4n) is 3.27. The lowest BCUT2D eigenvalue weighted by molar-refractivity contribution is 0.943. The molecule has 0 aromatic heterocycles. The predicted octanol–water partition coefficient (Wildman–Crippen LogP) is 6.04. The molecule has 2 aromatic carbocycles. The SMILES string of the molecule is CC/C=C\C1=C(C)CCc2ccccc2/C1=C/c1cccc(N)c1. The molecule has 0 amide bonds. The van der Waals surface area contributed by atoms with Gasteiger partial charge in [0.15, 0.2) is 0 Å². The lowest BCUT2D eigenvalue weighted by Gasteiger charge is -2.13. The topological polar surface area (TPSA) is 26.0 Å². The van der Waals surface area contributed by atoms with Crippen LogP contribution in [-0.4, -0.2) is 0 Å². The van der Waals surface area contributed by atoms with Crippen LogP contribution in [0, 0.1) is 0 Å². The highest BCUT2D eigenvalue weighted by atomic mass is 14.5. The summed E-state index contributed by atoms with van der Waals surface area (Å²) in [6.45, 7) is 4.44. The fraction of sp³-hybridized carbons (Fsp3) is 0.217. The maximum absolute atomic E-state index is 5.98. The Kier molecular flexibility index (Phi) is 5.00. The first-order chi connectivity index (χ1) is 11.7. The largest absolute Gasteiger partial charge is 0.399 e. The fourth-order valence-corrected chi connectivity index (χ4v) is 3.27. The molecule has 0 saturated heterocycles. The van der Waals surface area contributed by atoms with Crippen molar-refractivity contribution in [3.63, 3.8) is 0 Å². The van der Waals surface area contributed by atoms with E-state index < -0.39 is 0 Å². The number of hydrogen-bond donors (Lipinski definition) is 1. The van der Waals surface area contributed by atoms with Crippen molar-refractivity contribution in [3.8, 4) is 0 Å². The Labute approximate surface area is 145 Å². The molecule has 0 unspecified atom stereocenters. The van der Waals surface area contributed by atoms with Gasteiger partial charge in [0.1, 0.15) is 0 Å². The summed E-state index contributed by atoms with van der Waals surface area (Å²) in [4.78, 5) is 0. The lowest BCUT2D eigenvalue weighted by atomic mass is 9.91. The molecule has 1 aliphatic rings. The van der Waals surface area contributed by atoms with Gasteiger partial charge in [-0.1, -0.05) is 61.0 Å². The van der Waals surface area contributed by atoms with Crippen LogP contribution in [0.1, 0.15) is 43.4 Å². The molecule has 0 bridgehead atoms. The standard InChI is InChI=1S/C23H25N/c1-3-4-11-21-17(2)13-14-19-9-5-6-12-22(19)23(21)16-18-8-7-10-20(24)15-18/h4-12,15-16H,3,13-14,24H2,1-2H3/b11-4-,23-16+. The number of allylic oxidation sites excluding steroid dienone is 5. The van der Waals surface area contributed by atoms with Gasteiger partial charge in [-0.25, -0.2) is 0 Å². The van der Waals surface area contributed by atoms with Gasteiger partial charge in [0.25, 0.3) is 0 Å². The van der Waals surface area contributed by atoms with Crippen molar-refractivity contribution in [1.82, 2.24) is 0 Å². The van der Waals surface area contributed by atoms with Crippen molar-refractivity contribution in [1.29, 1.82) is 0 Å². The molecule has 0 radical (unpaired) electrons. The molecule has 1 aliphatic carbocycles. The second-order valence-corrected chi connectivity index (χ2v) is 6.39. The Balaban J connectivity index is 2.21. The molecule has 1 nitrogen and oxygen atoms in total. The summed E-state index contributed by atoms with van der Waals surface area (Å²) in [5, 5.41) is 0. The molecule has 122 valence electrons. The molecule has 1 heteroatoms. The van der Waals surface area contributed by atoms with E-state index in [1.165, 1.54) is 27.8 Å². The van der Waals surface area contributed by atoms with Crippen molar-refractivity contribution < 1.29 is 0 Å². The molecular formula is C23H25N. The minimum absolute atomic E-state index is 0.803. The van der Waals surface area contributed by atoms with Gasteiger partial charge >= 0.3 is 0 Å². The Hall–Kier alpha value is -2.54. The number of anilines is 1. The van der Waals surface area contributed by atoms with Gasteiger partial charge in [-0.15, -0.1) is 0 Å². The van der Waals surface area contributed by atoms with E-state index in [-0.39, 0.29) is 0 Å². The first kappa shape index (κ1) is 16.3. The number of nitrogens with two attached hydrogens (primary N) is 1. The second kappa shape index (κ2) is 7.35. The first-order valence-electron chi connectivity index (χ1n) is 8.71. The van der Waals surface area contributed by atoms with E-state index in [2.05, 4.69) is 62.4 Å². The molecule has 0 saturated carbocycles. The third-order valence-electron chi connectivity index (χ3n) is 4.57. The molecule has 0 fully saturated rings. The summed E-state index contributed by atoms with van der Waals surface area (Å²) in [7, 11) is 0. The molecule has 0 heterocycles. The highest BCUT2D eigenvalue weighted by Gasteiger charge is 2.17. The van der Waals surface area contributed by atoms with Gasteiger partial charge in [-0.05, 0) is 72.2 Å². The van der Waals surface area contributed by atoms with Gasteiger partial charge in [0, 0.05) is 5.69 Å². The molecule has 2 N–H and O–H groups in total. The van der Waals surface area contributed by atoms with E-state index in [0.29, 0.717) is 0 Å². The van der Waals surface area contributed by atoms with E-state index in [1.54, 1.807) is 0 Å². The summed E-state index contributed by atoms with van der Waals surface area (Å²) < 4.78 is 0. The van der Waals surface area contributed by atoms with Gasteiger partial charge in [-0.3, -0.25) is 0 Å². The van der Waals surface area contributed by atoms with Crippen LogP contribution in [0.15, 0.2) is 71.8 Å². The van der Waals surface area contributed by atoms with E-state index in [4.69, 9.17) is 5.73 Å². The average Bonchev–Trinajstić information content (AvgIpc) is 2.71. The van der Waals surface area contributed by atoms with Crippen LogP contribution >= 0.6 is 0 Å². The zero-order valence-electron chi connectivity index (χ0n) is 14.5. The van der Waals surface area contributed by atoms with Crippen LogP contribution in [0.25, 0.3) is 11.6 Å². The zero-order chi connectivity index (χ0) is 16.9. The van der Waals surface area contributed by atoms with Gasteiger partial charge in [0.05, 0.1) is 0 Å². The van der Waals surface area contributed by atoms with Crippen molar-refractivity contribution in [3.05, 3.63) is 88.5 Å². The quantitative estimate of drug-likeness (QED) is 0.687. The van der Waals surface area contributed by atoms with Crippen LogP contribution in [0.4, 0.5) is 5.69 Å². The van der Waals surface area contributed by atoms with Crippen LogP contribution in [0.2, 0.25) is 0 Å². The summed E-state index contributed by atoms with van der Waals surface area (Å²) in [6.07, 6.45) is 10.1. The summed E-state index contributed by atoms with van der Waals surface area (Å²) >= 11 is 0. The second-order valence-electron chi connectivity index (χ2n) is 6.39. The van der Waals surface area contributed by atoms with E-state index >= 15 is 0 Å². The van der Waals surface area contributed by atoms with Crippen LogP contribution in [0.5, 0.6) is 0 Å². The van der Waals surface area contributed by atoms with E-state index in [0.717, 1.165) is 30.5 Å². The van der Waals surface area contributed by atoms with Gasteiger partial charge in [-0.2, -0.15) is 0 Å². The van der Waals surface area contributed by atoms with Crippen molar-refractivity contribution >= 4 is 17.3 Å². The number of rotatable bonds is 3. The molecule has 2 aromatic rings. The molecule has 24 heavy (non-hydrogen) atoms. The lowest BCUT2D eigenvalue weighted by Crippen LogP contribution is -1.93. The van der Waals surface area contributed by atoms with Crippen LogP contribution < -0.4 is 5.73 Å². The van der Waals surface area contributed by atoms with Crippen molar-refractivity contribution in [2.45, 2.75) is 33.1 Å². The molecule has 0 atom stereocenters. The predicted molar refractivity (Wildman–Crippen MR) is 106 cm³/mol. The van der Waals surface area contributed by atoms with Crippen molar-refractivity contribution in [2.75, 3.05) is 5.73 Å². The number of hydrogen-bond acceptors (Lipinski definition) is 1. The molecule has 0 spiro atoms. The van der Waals surface area contributed by atoms with Gasteiger partial charge in [0.2, 0.25) is 0 Å². The minimum Gasteiger partial charge on any atom is -0.399 e. The Morgan fingerprint density at radius 1 is 1.04 bits per heavy atom. The van der Waals surface area contributed by atoms with Crippen LogP contribution in [0.3, 0.4) is 0 Å². The maximum atomic E-state index is 5.98. The van der Waals surface area contributed by atoms with Crippen LogP contribution in [-0.2, 0) is 6.42 Å². The monoisotopic (exact) mass is 315 g/mol. The van der Waals surface area contributed by atoms with E-state index in [9.17, 15) is 0 Å². The molecule has 0 aliphatic heterocycles. The maximum Gasteiger partial charge on any atom is 0.0319 e. The zero-order valence-corrected chi connectivity index (χ0v) is 14.5. The normalized spacial score (nSPS) is 16.5. The smallest absolute Gasteiger partial charge is 0.0319 e. The number of fused-ring (bicyclic) bond motifs is 1. The number of nitrogen functional groups attached to an aromatic ring is 1. The Bertz CT molecular complexity index is 821. The Morgan fingerprint density at radius 3 is 2.67 bits per heavy atom. The summed E-state index contributed by atoms with van der Waals surface area (Å²) in [5.74, 6) is 0. The number of aryl methyl sites for hydroxylation is 1. The highest BCUT2D eigenvalue weighted by molar-refractivity contribution is 5.95. The highest BCUT2D eigenvalue weighted by Crippen LogP contribution is 2.36. The molecular weight excluding hydrogens is 290 g/mol. The average molecular weight is 315 g/mol. The van der Waals surface area contributed by atoms with Crippen molar-refractivity contribution in [2.24, 2.45) is 0 Å². The van der Waals surface area contributed by atoms with E-state index in [1.807, 2.05) is 18.2 Å². The summed E-state index contributed by atoms with van der Waals surface area (Å²) in [5.41, 5.74) is 14.8. The Morgan fingerprint density at radius 2 is 1.88 bits per heavy atom. The number of benzene rings is 2. The minimum atomic E-state index is 0.803. The molecule has 3 rings (SSSR count). The summed E-state index contributed by atoms with van der Waals surface area (Å²) in [6, 6.07) is 16.9. The first-order valence-corrected chi connectivity index (χ1v) is 8.71. The third kappa shape index (κ3) is 3.51. The third-order valence-corrected chi connectivity index (χ3v) is 4.57.